The zero-order valence-electron chi connectivity index (χ0n) is 26.7. The van der Waals surface area contributed by atoms with Gasteiger partial charge in [0.05, 0.1) is 6.42 Å². The van der Waals surface area contributed by atoms with Crippen molar-refractivity contribution in [3.05, 3.63) is 58.4 Å². The second-order valence-corrected chi connectivity index (χ2v) is 14.9. The van der Waals surface area contributed by atoms with Gasteiger partial charge in [-0.1, -0.05) is 60.4 Å². The summed E-state index contributed by atoms with van der Waals surface area (Å²) >= 11 is 0. The molecule has 0 aromatic heterocycles. The summed E-state index contributed by atoms with van der Waals surface area (Å²) in [7, 11) is 0. The molecule has 4 aliphatic rings. The van der Waals surface area contributed by atoms with Crippen molar-refractivity contribution in [1.29, 1.82) is 0 Å². The molecule has 4 saturated carbocycles. The normalized spacial score (nSPS) is 31.0. The molecule has 0 saturated heterocycles. The van der Waals surface area contributed by atoms with Gasteiger partial charge in [0.15, 0.2) is 0 Å². The number of esters is 1. The Bertz CT molecular complexity index is 994. The first-order valence-electron chi connectivity index (χ1n) is 15.8. The fraction of sp³-hybridized carbons (Fsp3) is 0.703. The smallest absolute Gasteiger partial charge is 0.311 e. The van der Waals surface area contributed by atoms with Crippen LogP contribution >= 0.6 is 0 Å². The Kier molecular flexibility index (Phi) is 11.1. The summed E-state index contributed by atoms with van der Waals surface area (Å²) in [4.78, 5) is 12.9. The summed E-state index contributed by atoms with van der Waals surface area (Å²) in [6, 6.07) is 0. The molecule has 218 valence electrons. The van der Waals surface area contributed by atoms with E-state index in [9.17, 15) is 4.79 Å². The van der Waals surface area contributed by atoms with E-state index in [0.29, 0.717) is 17.3 Å². The summed E-state index contributed by atoms with van der Waals surface area (Å²) in [6.07, 6.45) is 27.5. The van der Waals surface area contributed by atoms with Crippen molar-refractivity contribution in [1.82, 2.24) is 0 Å². The van der Waals surface area contributed by atoms with E-state index in [0.717, 1.165) is 50.2 Å². The van der Waals surface area contributed by atoms with Gasteiger partial charge >= 0.3 is 5.97 Å². The Hall–Kier alpha value is -1.83. The first-order chi connectivity index (χ1) is 18.3. The maximum Gasteiger partial charge on any atom is 0.311 e. The van der Waals surface area contributed by atoms with Crippen LogP contribution in [0.25, 0.3) is 0 Å². The molecular weight excluding hydrogens is 476 g/mol. The third-order valence-corrected chi connectivity index (χ3v) is 9.56. The summed E-state index contributed by atoms with van der Waals surface area (Å²) < 4.78 is 5.81. The Morgan fingerprint density at radius 3 is 1.72 bits per heavy atom. The average molecular weight is 535 g/mol. The highest BCUT2D eigenvalue weighted by molar-refractivity contribution is 5.71. The van der Waals surface area contributed by atoms with Gasteiger partial charge in [-0.05, 0) is 153 Å². The molecule has 4 bridgehead atoms. The lowest BCUT2D eigenvalue weighted by Crippen LogP contribution is -2.55. The van der Waals surface area contributed by atoms with Gasteiger partial charge in [0.1, 0.15) is 5.76 Å². The Morgan fingerprint density at radius 2 is 1.21 bits per heavy atom. The van der Waals surface area contributed by atoms with Crippen LogP contribution in [0, 0.1) is 22.2 Å². The van der Waals surface area contributed by atoms with E-state index in [1.165, 1.54) is 67.2 Å². The fourth-order valence-electron chi connectivity index (χ4n) is 8.86. The van der Waals surface area contributed by atoms with Crippen molar-refractivity contribution in [3.63, 3.8) is 0 Å². The van der Waals surface area contributed by atoms with Crippen LogP contribution in [0.2, 0.25) is 0 Å². The van der Waals surface area contributed by atoms with Gasteiger partial charge in [0.2, 0.25) is 0 Å². The number of hydrogen-bond acceptors (Lipinski definition) is 2. The molecular formula is C37H58O2. The molecule has 0 spiro atoms. The second-order valence-electron chi connectivity index (χ2n) is 14.9. The summed E-state index contributed by atoms with van der Waals surface area (Å²) in [6.45, 7) is 18.0. The number of hydrogen-bond donors (Lipinski definition) is 0. The molecule has 2 atom stereocenters. The first kappa shape index (κ1) is 31.7. The van der Waals surface area contributed by atoms with Crippen molar-refractivity contribution in [2.24, 2.45) is 22.2 Å². The van der Waals surface area contributed by atoms with Crippen LogP contribution in [0.1, 0.15) is 145 Å². The van der Waals surface area contributed by atoms with Gasteiger partial charge in [-0.25, -0.2) is 0 Å². The van der Waals surface area contributed by atoms with Crippen molar-refractivity contribution in [2.45, 2.75) is 145 Å². The Balaban J connectivity index is 1.35. The largest absolute Gasteiger partial charge is 0.432 e. The molecule has 2 unspecified atom stereocenters. The lowest BCUT2D eigenvalue weighted by Gasteiger charge is -2.65. The molecule has 0 amide bonds. The number of carbonyl (C=O) groups excluding carboxylic acids is 1. The lowest BCUT2D eigenvalue weighted by molar-refractivity contribution is -0.165. The van der Waals surface area contributed by atoms with Gasteiger partial charge in [-0.2, -0.15) is 0 Å². The zero-order chi connectivity index (χ0) is 28.7. The molecule has 39 heavy (non-hydrogen) atoms. The van der Waals surface area contributed by atoms with Crippen LogP contribution < -0.4 is 0 Å². The van der Waals surface area contributed by atoms with Gasteiger partial charge in [-0.3, -0.25) is 4.79 Å². The fourth-order valence-corrected chi connectivity index (χ4v) is 8.86. The SMILES string of the molecule is CC(C)=CCC/C(C)=C/CC/C(C)=C/CC/C(C)=C/C/C=C(\C)OC(=O)CC12CC3CC(C)(CC(C)(C3)C1)C2. The van der Waals surface area contributed by atoms with Crippen molar-refractivity contribution >= 4 is 5.97 Å². The molecule has 4 rings (SSSR count). The van der Waals surface area contributed by atoms with E-state index in [2.05, 4.69) is 78.8 Å². The van der Waals surface area contributed by atoms with Crippen LogP contribution in [0.4, 0.5) is 0 Å². The van der Waals surface area contributed by atoms with Crippen LogP contribution in [0.5, 0.6) is 0 Å². The molecule has 0 aromatic carbocycles. The number of carbonyl (C=O) groups is 1. The highest BCUT2D eigenvalue weighted by Gasteiger charge is 2.60. The van der Waals surface area contributed by atoms with E-state index in [1.54, 1.807) is 0 Å². The number of rotatable bonds is 14. The third-order valence-electron chi connectivity index (χ3n) is 9.56. The predicted octanol–water partition coefficient (Wildman–Crippen LogP) is 11.4. The topological polar surface area (TPSA) is 26.3 Å². The summed E-state index contributed by atoms with van der Waals surface area (Å²) in [5.41, 5.74) is 6.87. The first-order valence-corrected chi connectivity index (χ1v) is 15.8. The zero-order valence-corrected chi connectivity index (χ0v) is 26.7. The van der Waals surface area contributed by atoms with E-state index < -0.39 is 0 Å². The van der Waals surface area contributed by atoms with Crippen LogP contribution in [-0.2, 0) is 9.53 Å². The average Bonchev–Trinajstić information content (AvgIpc) is 2.75. The molecule has 2 heteroatoms. The minimum absolute atomic E-state index is 0.0165. The monoisotopic (exact) mass is 534 g/mol. The van der Waals surface area contributed by atoms with Gasteiger partial charge in [0.25, 0.3) is 0 Å². The van der Waals surface area contributed by atoms with E-state index in [-0.39, 0.29) is 11.4 Å². The number of ether oxygens (including phenoxy) is 1. The molecule has 0 heterocycles. The second kappa shape index (κ2) is 13.7. The third kappa shape index (κ3) is 10.3. The maximum absolute atomic E-state index is 12.9. The minimum Gasteiger partial charge on any atom is -0.432 e. The van der Waals surface area contributed by atoms with Crippen LogP contribution in [0.15, 0.2) is 58.4 Å². The standard InChI is InChI=1S/C37H58O2/c1-28(2)13-9-14-29(3)15-10-16-30(4)17-11-18-31(5)19-12-20-32(6)39-34(38)24-37-23-33-21-35(7,26-37)25-36(8,22-33)27-37/h13,15,17,19-20,33H,9-12,14,16,18,21-27H2,1-8H3/b29-15+,30-17+,31-19+,32-20+. The van der Waals surface area contributed by atoms with Crippen molar-refractivity contribution in [3.8, 4) is 0 Å². The molecule has 4 aliphatic carbocycles. The van der Waals surface area contributed by atoms with Crippen LogP contribution in [-0.4, -0.2) is 5.97 Å². The number of allylic oxidation sites excluding steroid dienone is 10. The predicted molar refractivity (Wildman–Crippen MR) is 167 cm³/mol. The molecule has 4 fully saturated rings. The van der Waals surface area contributed by atoms with E-state index >= 15 is 0 Å². The van der Waals surface area contributed by atoms with E-state index in [1.807, 2.05) is 6.92 Å². The Morgan fingerprint density at radius 1 is 0.692 bits per heavy atom. The summed E-state index contributed by atoms with van der Waals surface area (Å²) in [5.74, 6) is 1.55. The van der Waals surface area contributed by atoms with Crippen molar-refractivity contribution in [2.75, 3.05) is 0 Å². The maximum atomic E-state index is 12.9. The van der Waals surface area contributed by atoms with Crippen molar-refractivity contribution < 1.29 is 9.53 Å². The van der Waals surface area contributed by atoms with Gasteiger partial charge in [0, 0.05) is 0 Å². The van der Waals surface area contributed by atoms with Gasteiger partial charge in [-0.15, -0.1) is 0 Å². The van der Waals surface area contributed by atoms with Gasteiger partial charge < -0.3 is 4.74 Å². The summed E-state index contributed by atoms with van der Waals surface area (Å²) in [5, 5.41) is 0. The van der Waals surface area contributed by atoms with E-state index in [4.69, 9.17) is 4.74 Å². The van der Waals surface area contributed by atoms with Crippen LogP contribution in [0.3, 0.4) is 0 Å². The molecule has 0 aliphatic heterocycles. The molecule has 0 N–H and O–H groups in total. The molecule has 0 radical (unpaired) electrons. The highest BCUT2D eigenvalue weighted by Crippen LogP contribution is 2.70. The highest BCUT2D eigenvalue weighted by atomic mass is 16.5. The molecule has 2 nitrogen and oxygen atoms in total. The quantitative estimate of drug-likeness (QED) is 0.126. The Labute approximate surface area is 241 Å². The molecule has 0 aromatic rings. The lowest BCUT2D eigenvalue weighted by atomic mass is 9.40. The minimum atomic E-state index is -0.0165.